The van der Waals surface area contributed by atoms with E-state index < -0.39 is 15.4 Å². The number of nitrogens with one attached hydrogen (secondary N) is 2. The van der Waals surface area contributed by atoms with Crippen LogP contribution in [-0.4, -0.2) is 44.8 Å². The summed E-state index contributed by atoms with van der Waals surface area (Å²) >= 11 is 0. The van der Waals surface area contributed by atoms with E-state index in [1.54, 1.807) is 32.9 Å². The number of nitrogens with zero attached hydrogens (tertiary/aromatic N) is 1. The van der Waals surface area contributed by atoms with Crippen molar-refractivity contribution in [2.45, 2.75) is 39.5 Å². The average molecular weight is 446 g/mol. The van der Waals surface area contributed by atoms with E-state index in [9.17, 15) is 13.2 Å². The number of carbonyl (C=O) groups excluding carboxylic acids is 1. The Balaban J connectivity index is 2.03. The van der Waals surface area contributed by atoms with Crippen molar-refractivity contribution in [2.24, 2.45) is 5.41 Å². The molecule has 0 saturated carbocycles. The van der Waals surface area contributed by atoms with Crippen molar-refractivity contribution in [3.63, 3.8) is 0 Å². The summed E-state index contributed by atoms with van der Waals surface area (Å²) in [6.45, 7) is 11.3. The van der Waals surface area contributed by atoms with Gasteiger partial charge in [0.2, 0.25) is 15.9 Å². The van der Waals surface area contributed by atoms with Crippen LogP contribution in [0.4, 0.5) is 5.69 Å². The highest BCUT2D eigenvalue weighted by atomic mass is 32.2. The summed E-state index contributed by atoms with van der Waals surface area (Å²) < 4.78 is 34.4. The maximum absolute atomic E-state index is 13.5. The summed E-state index contributed by atoms with van der Waals surface area (Å²) in [5.74, 6) is 0.610. The second-order valence-corrected chi connectivity index (χ2v) is 10.9. The first-order valence-corrected chi connectivity index (χ1v) is 11.8. The molecule has 3 rings (SSSR count). The van der Waals surface area contributed by atoms with Gasteiger partial charge >= 0.3 is 0 Å². The molecule has 0 aromatic heterocycles. The van der Waals surface area contributed by atoms with Gasteiger partial charge in [0.05, 0.1) is 0 Å². The molecule has 0 atom stereocenters. The monoisotopic (exact) mass is 445 g/mol. The van der Waals surface area contributed by atoms with Gasteiger partial charge in [0.25, 0.3) is 0 Å². The molecule has 8 heteroatoms. The Hall–Kier alpha value is -2.42. The van der Waals surface area contributed by atoms with E-state index >= 15 is 0 Å². The average Bonchev–Trinajstić information content (AvgIpc) is 2.68. The molecule has 0 spiro atoms. The molecular formula is C23H31N3O4S. The third-order valence-electron chi connectivity index (χ3n) is 5.00. The van der Waals surface area contributed by atoms with Gasteiger partial charge in [-0.2, -0.15) is 4.31 Å². The second kappa shape index (κ2) is 8.98. The van der Waals surface area contributed by atoms with Gasteiger partial charge in [-0.1, -0.05) is 26.8 Å². The lowest BCUT2D eigenvalue weighted by Gasteiger charge is -2.27. The largest absolute Gasteiger partial charge is 0.456 e. The molecule has 0 bridgehead atoms. The predicted octanol–water partition coefficient (Wildman–Crippen LogP) is 3.67. The van der Waals surface area contributed by atoms with Crippen LogP contribution < -0.4 is 15.4 Å². The van der Waals surface area contributed by atoms with E-state index in [0.717, 1.165) is 11.1 Å². The smallest absolute Gasteiger partial charge is 0.246 e. The molecule has 2 N–H and O–H groups in total. The predicted molar refractivity (Wildman–Crippen MR) is 122 cm³/mol. The third-order valence-corrected chi connectivity index (χ3v) is 6.92. The molecule has 1 fully saturated rings. The fourth-order valence-corrected chi connectivity index (χ4v) is 4.91. The Bertz CT molecular complexity index is 1050. The summed E-state index contributed by atoms with van der Waals surface area (Å²) in [5.41, 5.74) is 1.86. The van der Waals surface area contributed by atoms with E-state index in [1.165, 1.54) is 10.4 Å². The summed E-state index contributed by atoms with van der Waals surface area (Å²) in [6.07, 6.45) is 0. The van der Waals surface area contributed by atoms with Gasteiger partial charge < -0.3 is 15.4 Å². The lowest BCUT2D eigenvalue weighted by atomic mass is 9.95. The minimum absolute atomic E-state index is 0.0419. The van der Waals surface area contributed by atoms with Crippen LogP contribution in [-0.2, 0) is 14.8 Å². The zero-order chi connectivity index (χ0) is 22.8. The molecule has 1 heterocycles. The Morgan fingerprint density at radius 3 is 2.23 bits per heavy atom. The number of hydrogen-bond donors (Lipinski definition) is 2. The number of anilines is 1. The lowest BCUT2D eigenvalue weighted by Crippen LogP contribution is -2.46. The first-order chi connectivity index (χ1) is 14.5. The quantitative estimate of drug-likeness (QED) is 0.733. The molecule has 7 nitrogen and oxygen atoms in total. The third kappa shape index (κ3) is 5.64. The maximum Gasteiger partial charge on any atom is 0.246 e. The van der Waals surface area contributed by atoms with Gasteiger partial charge in [0, 0.05) is 37.3 Å². The van der Waals surface area contributed by atoms with Crippen molar-refractivity contribution in [3.8, 4) is 11.5 Å². The fraction of sp³-hybridized carbons (Fsp3) is 0.435. The van der Waals surface area contributed by atoms with Crippen LogP contribution in [0, 0.1) is 19.3 Å². The normalized spacial score (nSPS) is 15.5. The number of ether oxygens (including phenoxy) is 1. The second-order valence-electron chi connectivity index (χ2n) is 8.95. The summed E-state index contributed by atoms with van der Waals surface area (Å²) in [4.78, 5) is 12.5. The molecule has 1 aliphatic heterocycles. The van der Waals surface area contributed by atoms with Crippen LogP contribution >= 0.6 is 0 Å². The molecule has 31 heavy (non-hydrogen) atoms. The molecule has 0 radical (unpaired) electrons. The van der Waals surface area contributed by atoms with Crippen LogP contribution in [0.1, 0.15) is 31.9 Å². The summed E-state index contributed by atoms with van der Waals surface area (Å²) in [7, 11) is -3.81. The number of carbonyl (C=O) groups is 1. The highest BCUT2D eigenvalue weighted by Gasteiger charge is 2.30. The molecule has 168 valence electrons. The Kier molecular flexibility index (Phi) is 6.73. The summed E-state index contributed by atoms with van der Waals surface area (Å²) in [6, 6.07) is 10.5. The highest BCUT2D eigenvalue weighted by Crippen LogP contribution is 2.34. The highest BCUT2D eigenvalue weighted by molar-refractivity contribution is 7.89. The van der Waals surface area contributed by atoms with Gasteiger partial charge in [-0.25, -0.2) is 8.42 Å². The zero-order valence-corrected chi connectivity index (χ0v) is 19.6. The Morgan fingerprint density at radius 2 is 1.65 bits per heavy atom. The SMILES string of the molecule is Cc1cc(C)cc(Oc2ccc(NC(=O)C(C)(C)C)cc2S(=O)(=O)N2CCNCC2)c1. The van der Waals surface area contributed by atoms with E-state index in [0.29, 0.717) is 37.6 Å². The van der Waals surface area contributed by atoms with Gasteiger partial charge in [-0.05, 0) is 55.3 Å². The lowest BCUT2D eigenvalue weighted by molar-refractivity contribution is -0.123. The van der Waals surface area contributed by atoms with Crippen molar-refractivity contribution in [3.05, 3.63) is 47.5 Å². The molecule has 0 unspecified atom stereocenters. The summed E-state index contributed by atoms with van der Waals surface area (Å²) in [5, 5.41) is 5.98. The number of benzene rings is 2. The first-order valence-electron chi connectivity index (χ1n) is 10.4. The minimum Gasteiger partial charge on any atom is -0.456 e. The number of rotatable bonds is 5. The van der Waals surface area contributed by atoms with E-state index in [1.807, 2.05) is 32.0 Å². The van der Waals surface area contributed by atoms with Crippen molar-refractivity contribution >= 4 is 21.6 Å². The van der Waals surface area contributed by atoms with Gasteiger partial charge in [0.1, 0.15) is 16.4 Å². The number of aryl methyl sites for hydroxylation is 2. The molecule has 2 aromatic carbocycles. The zero-order valence-electron chi connectivity index (χ0n) is 18.8. The van der Waals surface area contributed by atoms with Gasteiger partial charge in [-0.15, -0.1) is 0 Å². The van der Waals surface area contributed by atoms with E-state index in [4.69, 9.17) is 4.74 Å². The number of sulfonamides is 1. The number of amides is 1. The van der Waals surface area contributed by atoms with Gasteiger partial charge in [0.15, 0.2) is 0 Å². The van der Waals surface area contributed by atoms with Crippen molar-refractivity contribution in [1.82, 2.24) is 9.62 Å². The van der Waals surface area contributed by atoms with Crippen LogP contribution in [0.3, 0.4) is 0 Å². The number of hydrogen-bond acceptors (Lipinski definition) is 5. The molecule has 0 aliphatic carbocycles. The Morgan fingerprint density at radius 1 is 1.03 bits per heavy atom. The van der Waals surface area contributed by atoms with Crippen LogP contribution in [0.5, 0.6) is 11.5 Å². The van der Waals surface area contributed by atoms with Crippen LogP contribution in [0.15, 0.2) is 41.3 Å². The first kappa shape index (κ1) is 23.2. The van der Waals surface area contributed by atoms with Crippen LogP contribution in [0.25, 0.3) is 0 Å². The molecule has 2 aromatic rings. The molecule has 1 saturated heterocycles. The van der Waals surface area contributed by atoms with Crippen LogP contribution in [0.2, 0.25) is 0 Å². The van der Waals surface area contributed by atoms with Crippen molar-refractivity contribution < 1.29 is 17.9 Å². The topological polar surface area (TPSA) is 87.7 Å². The van der Waals surface area contributed by atoms with Gasteiger partial charge in [-0.3, -0.25) is 4.79 Å². The van der Waals surface area contributed by atoms with E-state index in [2.05, 4.69) is 10.6 Å². The van der Waals surface area contributed by atoms with Crippen molar-refractivity contribution in [2.75, 3.05) is 31.5 Å². The number of piperazine rings is 1. The molecule has 1 aliphatic rings. The van der Waals surface area contributed by atoms with Crippen molar-refractivity contribution in [1.29, 1.82) is 0 Å². The van der Waals surface area contributed by atoms with E-state index in [-0.39, 0.29) is 16.6 Å². The standard InChI is InChI=1S/C23H31N3O4S/c1-16-12-17(2)14-19(13-16)30-20-7-6-18(25-22(27)23(3,4)5)15-21(20)31(28,29)26-10-8-24-9-11-26/h6-7,12-15,24H,8-11H2,1-5H3,(H,25,27). The fourth-order valence-electron chi connectivity index (χ4n) is 3.33. The maximum atomic E-state index is 13.5. The molecular weight excluding hydrogens is 414 g/mol. The minimum atomic E-state index is -3.81. The molecule has 1 amide bonds. The Labute approximate surface area is 184 Å².